The van der Waals surface area contributed by atoms with Crippen LogP contribution in [0.15, 0.2) is 102 Å². The molecule has 1 heterocycles. The lowest BCUT2D eigenvalue weighted by Gasteiger charge is -2.23. The fourth-order valence-corrected chi connectivity index (χ4v) is 5.24. The van der Waals surface area contributed by atoms with Crippen molar-refractivity contribution in [2.24, 2.45) is 0 Å². The number of rotatable bonds is 8. The van der Waals surface area contributed by atoms with Crippen LogP contribution in [-0.4, -0.2) is 30.4 Å². The SMILES string of the molecule is CCN(c1ccccc1)S(=O)(=O)c1cccc(C(=O)NC(C)c2ccc(-n3ccnc3)cc2)c1. The van der Waals surface area contributed by atoms with Crippen molar-refractivity contribution in [3.8, 4) is 5.69 Å². The van der Waals surface area contributed by atoms with Gasteiger partial charge < -0.3 is 9.88 Å². The molecular formula is C26H26N4O3S. The summed E-state index contributed by atoms with van der Waals surface area (Å²) in [6.07, 6.45) is 5.29. The topological polar surface area (TPSA) is 84.3 Å². The number of nitrogens with one attached hydrogen (secondary N) is 1. The summed E-state index contributed by atoms with van der Waals surface area (Å²) in [6, 6.07) is 22.6. The Morgan fingerprint density at radius 2 is 1.76 bits per heavy atom. The average molecular weight is 475 g/mol. The van der Waals surface area contributed by atoms with Gasteiger partial charge in [-0.3, -0.25) is 9.10 Å². The third kappa shape index (κ3) is 4.87. The number of anilines is 1. The van der Waals surface area contributed by atoms with Gasteiger partial charge in [-0.25, -0.2) is 13.4 Å². The smallest absolute Gasteiger partial charge is 0.264 e. The third-order valence-electron chi connectivity index (χ3n) is 5.56. The number of aromatic nitrogens is 2. The lowest BCUT2D eigenvalue weighted by atomic mass is 10.1. The first-order valence-corrected chi connectivity index (χ1v) is 12.4. The lowest BCUT2D eigenvalue weighted by Crippen LogP contribution is -2.31. The van der Waals surface area contributed by atoms with Crippen LogP contribution in [0.1, 0.15) is 35.8 Å². The molecule has 0 bridgehead atoms. The van der Waals surface area contributed by atoms with Crippen molar-refractivity contribution in [1.29, 1.82) is 0 Å². The van der Waals surface area contributed by atoms with Gasteiger partial charge in [0, 0.05) is 30.2 Å². The van der Waals surface area contributed by atoms with Gasteiger partial charge in [0.2, 0.25) is 0 Å². The van der Waals surface area contributed by atoms with Crippen LogP contribution in [0.4, 0.5) is 5.69 Å². The number of nitrogens with zero attached hydrogens (tertiary/aromatic N) is 3. The average Bonchev–Trinajstić information content (AvgIpc) is 3.40. The fraction of sp³-hybridized carbons (Fsp3) is 0.154. The van der Waals surface area contributed by atoms with Gasteiger partial charge in [-0.15, -0.1) is 0 Å². The summed E-state index contributed by atoms with van der Waals surface area (Å²) in [5, 5.41) is 2.95. The lowest BCUT2D eigenvalue weighted by molar-refractivity contribution is 0.0939. The Labute approximate surface area is 199 Å². The number of benzene rings is 3. The van der Waals surface area contributed by atoms with E-state index in [-0.39, 0.29) is 29.0 Å². The normalized spacial score (nSPS) is 12.2. The van der Waals surface area contributed by atoms with Crippen molar-refractivity contribution >= 4 is 21.6 Å². The second-order valence-electron chi connectivity index (χ2n) is 7.79. The van der Waals surface area contributed by atoms with Gasteiger partial charge in [-0.05, 0) is 61.9 Å². The summed E-state index contributed by atoms with van der Waals surface area (Å²) in [5.74, 6) is -0.342. The molecule has 1 atom stereocenters. The molecule has 3 aromatic carbocycles. The number of para-hydroxylation sites is 1. The molecule has 0 saturated heterocycles. The molecule has 0 aliphatic heterocycles. The summed E-state index contributed by atoms with van der Waals surface area (Å²) in [7, 11) is -3.82. The molecule has 0 aliphatic rings. The van der Waals surface area contributed by atoms with E-state index in [4.69, 9.17) is 0 Å². The van der Waals surface area contributed by atoms with Gasteiger partial charge in [0.05, 0.1) is 23.0 Å². The first-order valence-electron chi connectivity index (χ1n) is 11.0. The summed E-state index contributed by atoms with van der Waals surface area (Å²) in [4.78, 5) is 17.1. The van der Waals surface area contributed by atoms with Crippen LogP contribution in [0.25, 0.3) is 5.69 Å². The van der Waals surface area contributed by atoms with Crippen molar-refractivity contribution < 1.29 is 13.2 Å². The molecule has 4 aromatic rings. The molecule has 0 aliphatic carbocycles. The molecular weight excluding hydrogens is 448 g/mol. The largest absolute Gasteiger partial charge is 0.346 e. The summed E-state index contributed by atoms with van der Waals surface area (Å²) in [5.41, 5.74) is 2.76. The van der Waals surface area contributed by atoms with Gasteiger partial charge in [-0.2, -0.15) is 0 Å². The second kappa shape index (κ2) is 9.93. The van der Waals surface area contributed by atoms with E-state index in [1.54, 1.807) is 55.8 Å². The highest BCUT2D eigenvalue weighted by Gasteiger charge is 2.24. The number of imidazole rings is 1. The van der Waals surface area contributed by atoms with E-state index in [9.17, 15) is 13.2 Å². The minimum absolute atomic E-state index is 0.0724. The van der Waals surface area contributed by atoms with Gasteiger partial charge >= 0.3 is 0 Å². The van der Waals surface area contributed by atoms with Crippen LogP contribution >= 0.6 is 0 Å². The van der Waals surface area contributed by atoms with Crippen LogP contribution in [0.5, 0.6) is 0 Å². The van der Waals surface area contributed by atoms with E-state index >= 15 is 0 Å². The van der Waals surface area contributed by atoms with Crippen LogP contribution < -0.4 is 9.62 Å². The molecule has 8 heteroatoms. The zero-order chi connectivity index (χ0) is 24.1. The van der Waals surface area contributed by atoms with Crippen LogP contribution in [0.3, 0.4) is 0 Å². The molecule has 0 saturated carbocycles. The molecule has 1 N–H and O–H groups in total. The standard InChI is InChI=1S/C26H26N4O3S/c1-3-30(24-9-5-4-6-10-24)34(32,33)25-11-7-8-22(18-25)26(31)28-20(2)21-12-14-23(15-13-21)29-17-16-27-19-29/h4-20H,3H2,1-2H3,(H,28,31). The van der Waals surface area contributed by atoms with Gasteiger partial charge in [0.1, 0.15) is 0 Å². The maximum atomic E-state index is 13.3. The highest BCUT2D eigenvalue weighted by atomic mass is 32.2. The molecule has 174 valence electrons. The molecule has 0 fully saturated rings. The molecule has 4 rings (SSSR count). The van der Waals surface area contributed by atoms with Crippen LogP contribution in [0.2, 0.25) is 0 Å². The summed E-state index contributed by atoms with van der Waals surface area (Å²) < 4.78 is 29.8. The Kier molecular flexibility index (Phi) is 6.79. The monoisotopic (exact) mass is 474 g/mol. The molecule has 0 spiro atoms. The van der Waals surface area contributed by atoms with Crippen molar-refractivity contribution in [2.75, 3.05) is 10.8 Å². The van der Waals surface area contributed by atoms with Crippen molar-refractivity contribution in [1.82, 2.24) is 14.9 Å². The van der Waals surface area contributed by atoms with Gasteiger partial charge in [0.15, 0.2) is 0 Å². The minimum Gasteiger partial charge on any atom is -0.346 e. The zero-order valence-electron chi connectivity index (χ0n) is 19.0. The van der Waals surface area contributed by atoms with Gasteiger partial charge in [0.25, 0.3) is 15.9 Å². The number of carbonyl (C=O) groups excluding carboxylic acids is 1. The predicted molar refractivity (Wildman–Crippen MR) is 133 cm³/mol. The highest BCUT2D eigenvalue weighted by molar-refractivity contribution is 7.92. The van der Waals surface area contributed by atoms with E-state index < -0.39 is 10.0 Å². The maximum absolute atomic E-state index is 13.3. The quantitative estimate of drug-likeness (QED) is 0.405. The molecule has 0 radical (unpaired) electrons. The Bertz CT molecular complexity index is 1350. The number of hydrogen-bond acceptors (Lipinski definition) is 4. The predicted octanol–water partition coefficient (Wildman–Crippen LogP) is 4.58. The van der Waals surface area contributed by atoms with Gasteiger partial charge in [-0.1, -0.05) is 36.4 Å². The molecule has 1 unspecified atom stereocenters. The first-order chi connectivity index (χ1) is 16.4. The third-order valence-corrected chi connectivity index (χ3v) is 7.46. The van der Waals surface area contributed by atoms with E-state index in [1.165, 1.54) is 16.4 Å². The summed E-state index contributed by atoms with van der Waals surface area (Å²) >= 11 is 0. The minimum atomic E-state index is -3.82. The maximum Gasteiger partial charge on any atom is 0.264 e. The van der Waals surface area contributed by atoms with Crippen LogP contribution in [-0.2, 0) is 10.0 Å². The molecule has 7 nitrogen and oxygen atoms in total. The Morgan fingerprint density at radius 3 is 2.41 bits per heavy atom. The van der Waals surface area contributed by atoms with E-state index in [2.05, 4.69) is 10.3 Å². The Morgan fingerprint density at radius 1 is 1.03 bits per heavy atom. The first kappa shape index (κ1) is 23.3. The van der Waals surface area contributed by atoms with Crippen molar-refractivity contribution in [3.63, 3.8) is 0 Å². The van der Waals surface area contributed by atoms with E-state index in [0.717, 1.165) is 11.3 Å². The molecule has 1 amide bonds. The van der Waals surface area contributed by atoms with E-state index in [0.29, 0.717) is 5.69 Å². The van der Waals surface area contributed by atoms with Crippen molar-refractivity contribution in [3.05, 3.63) is 109 Å². The number of carbonyl (C=O) groups is 1. The Balaban J connectivity index is 1.51. The number of sulfonamides is 1. The summed E-state index contributed by atoms with van der Waals surface area (Å²) in [6.45, 7) is 3.94. The van der Waals surface area contributed by atoms with Crippen molar-refractivity contribution in [2.45, 2.75) is 24.8 Å². The number of hydrogen-bond donors (Lipinski definition) is 1. The fourth-order valence-electron chi connectivity index (χ4n) is 3.72. The van der Waals surface area contributed by atoms with E-state index in [1.807, 2.05) is 48.0 Å². The van der Waals surface area contributed by atoms with Crippen LogP contribution in [0, 0.1) is 0 Å². The molecule has 34 heavy (non-hydrogen) atoms. The number of amides is 1. The second-order valence-corrected chi connectivity index (χ2v) is 9.65. The molecule has 1 aromatic heterocycles. The zero-order valence-corrected chi connectivity index (χ0v) is 19.8. The highest BCUT2D eigenvalue weighted by Crippen LogP contribution is 2.24. The Hall–Kier alpha value is -3.91.